The number of hydrogen-bond donors (Lipinski definition) is 1. The van der Waals surface area contributed by atoms with Crippen molar-refractivity contribution in [2.45, 2.75) is 38.9 Å². The summed E-state index contributed by atoms with van der Waals surface area (Å²) in [6.45, 7) is 3.99. The van der Waals surface area contributed by atoms with Gasteiger partial charge in [0, 0.05) is 25.9 Å². The summed E-state index contributed by atoms with van der Waals surface area (Å²) in [5.74, 6) is -0.0312. The predicted molar refractivity (Wildman–Crippen MR) is 88.4 cm³/mol. The topological polar surface area (TPSA) is 58.1 Å². The average Bonchev–Trinajstić information content (AvgIpc) is 3.02. The molecule has 5 nitrogen and oxygen atoms in total. The third kappa shape index (κ3) is 4.13. The van der Waals surface area contributed by atoms with Gasteiger partial charge >= 0.3 is 0 Å². The molecular weight excluding hydrogens is 288 g/mol. The lowest BCUT2D eigenvalue weighted by Crippen LogP contribution is -2.24. The second kappa shape index (κ2) is 7.33. The lowest BCUT2D eigenvalue weighted by atomic mass is 10.1. The molecule has 1 aliphatic rings. The standard InChI is InChI=1S/C18H22N4O/c1-14(23)20-12-16-6-2-7-17(21-16)18-8-4-10-22(18)13-15-5-3-9-19-11-15/h2-3,5-7,9,11,18H,4,8,10,12-13H2,1H3,(H,20,23)/t18-/m0/s1. The molecule has 3 heterocycles. The Balaban J connectivity index is 1.72. The molecular formula is C18H22N4O. The average molecular weight is 310 g/mol. The van der Waals surface area contributed by atoms with Crippen LogP contribution in [0.5, 0.6) is 0 Å². The molecule has 1 N–H and O–H groups in total. The lowest BCUT2D eigenvalue weighted by molar-refractivity contribution is -0.119. The molecule has 0 saturated carbocycles. The first-order valence-electron chi connectivity index (χ1n) is 8.05. The van der Waals surface area contributed by atoms with Crippen LogP contribution in [-0.4, -0.2) is 27.3 Å². The van der Waals surface area contributed by atoms with Crippen LogP contribution in [0.15, 0.2) is 42.7 Å². The first-order valence-corrected chi connectivity index (χ1v) is 8.05. The third-order valence-electron chi connectivity index (χ3n) is 4.16. The number of carbonyl (C=O) groups excluding carboxylic acids is 1. The van der Waals surface area contributed by atoms with Crippen LogP contribution in [0, 0.1) is 0 Å². The second-order valence-corrected chi connectivity index (χ2v) is 5.95. The molecule has 2 aromatic rings. The highest BCUT2D eigenvalue weighted by molar-refractivity contribution is 5.72. The molecule has 0 bridgehead atoms. The van der Waals surface area contributed by atoms with Gasteiger partial charge in [-0.1, -0.05) is 12.1 Å². The number of amides is 1. The van der Waals surface area contributed by atoms with Crippen molar-refractivity contribution in [1.29, 1.82) is 0 Å². The maximum Gasteiger partial charge on any atom is 0.217 e. The highest BCUT2D eigenvalue weighted by atomic mass is 16.1. The minimum Gasteiger partial charge on any atom is -0.351 e. The fourth-order valence-corrected chi connectivity index (χ4v) is 3.07. The molecule has 120 valence electrons. The van der Waals surface area contributed by atoms with Crippen LogP contribution in [0.25, 0.3) is 0 Å². The SMILES string of the molecule is CC(=O)NCc1cccc([C@@H]2CCCN2Cc2cccnc2)n1. The highest BCUT2D eigenvalue weighted by Gasteiger charge is 2.27. The zero-order valence-corrected chi connectivity index (χ0v) is 13.4. The van der Waals surface area contributed by atoms with Gasteiger partial charge in [-0.05, 0) is 43.1 Å². The maximum absolute atomic E-state index is 11.1. The Morgan fingerprint density at radius 3 is 3.04 bits per heavy atom. The monoisotopic (exact) mass is 310 g/mol. The molecule has 0 aromatic carbocycles. The van der Waals surface area contributed by atoms with E-state index in [1.807, 2.05) is 24.4 Å². The van der Waals surface area contributed by atoms with E-state index in [2.05, 4.69) is 27.3 Å². The molecule has 0 spiro atoms. The van der Waals surface area contributed by atoms with E-state index in [9.17, 15) is 4.79 Å². The van der Waals surface area contributed by atoms with E-state index in [0.29, 0.717) is 12.6 Å². The van der Waals surface area contributed by atoms with E-state index in [0.717, 1.165) is 30.9 Å². The van der Waals surface area contributed by atoms with Crippen LogP contribution in [0.1, 0.15) is 42.8 Å². The van der Waals surface area contributed by atoms with Crippen LogP contribution >= 0.6 is 0 Å². The van der Waals surface area contributed by atoms with Crippen LogP contribution < -0.4 is 5.32 Å². The summed E-state index contributed by atoms with van der Waals surface area (Å²) in [5, 5.41) is 2.81. The van der Waals surface area contributed by atoms with Crippen molar-refractivity contribution < 1.29 is 4.79 Å². The molecule has 23 heavy (non-hydrogen) atoms. The summed E-state index contributed by atoms with van der Waals surface area (Å²) in [7, 11) is 0. The van der Waals surface area contributed by atoms with Gasteiger partial charge < -0.3 is 5.32 Å². The number of nitrogens with zero attached hydrogens (tertiary/aromatic N) is 3. The Labute approximate surface area is 136 Å². The van der Waals surface area contributed by atoms with Crippen LogP contribution in [0.3, 0.4) is 0 Å². The quantitative estimate of drug-likeness (QED) is 0.921. The Morgan fingerprint density at radius 1 is 1.35 bits per heavy atom. The molecule has 0 aliphatic carbocycles. The molecule has 0 unspecified atom stereocenters. The van der Waals surface area contributed by atoms with Crippen molar-refractivity contribution >= 4 is 5.91 Å². The molecule has 1 fully saturated rings. The number of hydrogen-bond acceptors (Lipinski definition) is 4. The summed E-state index contributed by atoms with van der Waals surface area (Å²) in [6, 6.07) is 10.5. The van der Waals surface area contributed by atoms with Crippen molar-refractivity contribution in [2.75, 3.05) is 6.54 Å². The number of rotatable bonds is 5. The van der Waals surface area contributed by atoms with E-state index in [-0.39, 0.29) is 5.91 Å². The number of nitrogens with one attached hydrogen (secondary N) is 1. The minimum absolute atomic E-state index is 0.0312. The predicted octanol–water partition coefficient (Wildman–Crippen LogP) is 2.45. The van der Waals surface area contributed by atoms with Gasteiger partial charge in [0.25, 0.3) is 0 Å². The van der Waals surface area contributed by atoms with Gasteiger partial charge in [-0.15, -0.1) is 0 Å². The zero-order valence-electron chi connectivity index (χ0n) is 13.4. The molecule has 1 saturated heterocycles. The molecule has 1 amide bonds. The molecule has 2 aromatic heterocycles. The fraction of sp³-hybridized carbons (Fsp3) is 0.389. The highest BCUT2D eigenvalue weighted by Crippen LogP contribution is 2.32. The van der Waals surface area contributed by atoms with E-state index in [1.54, 1.807) is 6.20 Å². The second-order valence-electron chi connectivity index (χ2n) is 5.95. The van der Waals surface area contributed by atoms with Crippen molar-refractivity contribution in [3.8, 4) is 0 Å². The van der Waals surface area contributed by atoms with Crippen molar-refractivity contribution in [3.63, 3.8) is 0 Å². The number of likely N-dealkylation sites (tertiary alicyclic amines) is 1. The number of aromatic nitrogens is 2. The molecule has 5 heteroatoms. The maximum atomic E-state index is 11.1. The largest absolute Gasteiger partial charge is 0.351 e. The Morgan fingerprint density at radius 2 is 2.26 bits per heavy atom. The summed E-state index contributed by atoms with van der Waals surface area (Å²) in [4.78, 5) is 22.5. The molecule has 1 aliphatic heterocycles. The number of pyridine rings is 2. The summed E-state index contributed by atoms with van der Waals surface area (Å²) in [6.07, 6.45) is 6.04. The van der Waals surface area contributed by atoms with Gasteiger partial charge in [-0.25, -0.2) is 0 Å². The normalized spacial score (nSPS) is 18.0. The summed E-state index contributed by atoms with van der Waals surface area (Å²) < 4.78 is 0. The fourth-order valence-electron chi connectivity index (χ4n) is 3.07. The van der Waals surface area contributed by atoms with Crippen molar-refractivity contribution in [3.05, 3.63) is 59.7 Å². The van der Waals surface area contributed by atoms with E-state index >= 15 is 0 Å². The summed E-state index contributed by atoms with van der Waals surface area (Å²) >= 11 is 0. The smallest absolute Gasteiger partial charge is 0.217 e. The van der Waals surface area contributed by atoms with Gasteiger partial charge in [0.2, 0.25) is 5.91 Å². The van der Waals surface area contributed by atoms with Crippen molar-refractivity contribution in [1.82, 2.24) is 20.2 Å². The van der Waals surface area contributed by atoms with Gasteiger partial charge in [0.05, 0.1) is 24.0 Å². The van der Waals surface area contributed by atoms with Crippen LogP contribution in [0.4, 0.5) is 0 Å². The molecule has 1 atom stereocenters. The van der Waals surface area contributed by atoms with E-state index in [1.165, 1.54) is 18.9 Å². The lowest BCUT2D eigenvalue weighted by Gasteiger charge is -2.24. The van der Waals surface area contributed by atoms with Crippen molar-refractivity contribution in [2.24, 2.45) is 0 Å². The van der Waals surface area contributed by atoms with Gasteiger partial charge in [0.15, 0.2) is 0 Å². The molecule has 0 radical (unpaired) electrons. The van der Waals surface area contributed by atoms with E-state index < -0.39 is 0 Å². The zero-order chi connectivity index (χ0) is 16.1. The Kier molecular flexibility index (Phi) is 4.98. The number of carbonyl (C=O) groups is 1. The Hall–Kier alpha value is -2.27. The summed E-state index contributed by atoms with van der Waals surface area (Å²) in [5.41, 5.74) is 3.23. The first-order chi connectivity index (χ1) is 11.2. The van der Waals surface area contributed by atoms with Gasteiger partial charge in [-0.3, -0.25) is 19.7 Å². The third-order valence-corrected chi connectivity index (χ3v) is 4.16. The van der Waals surface area contributed by atoms with E-state index in [4.69, 9.17) is 4.98 Å². The van der Waals surface area contributed by atoms with Crippen LogP contribution in [-0.2, 0) is 17.9 Å². The van der Waals surface area contributed by atoms with Gasteiger partial charge in [-0.2, -0.15) is 0 Å². The molecule has 3 rings (SSSR count). The first kappa shape index (κ1) is 15.6. The minimum atomic E-state index is -0.0312. The Bertz CT molecular complexity index is 659. The van der Waals surface area contributed by atoms with Gasteiger partial charge in [0.1, 0.15) is 0 Å². The van der Waals surface area contributed by atoms with Crippen LogP contribution in [0.2, 0.25) is 0 Å².